The first kappa shape index (κ1) is 32.4. The summed E-state index contributed by atoms with van der Waals surface area (Å²) >= 11 is 12.4. The Morgan fingerprint density at radius 3 is 2.15 bits per heavy atom. The first-order valence-electron chi connectivity index (χ1n) is 13.6. The molecule has 0 saturated carbocycles. The van der Waals surface area contributed by atoms with Crippen LogP contribution < -0.4 is 9.62 Å². The Morgan fingerprint density at radius 1 is 0.902 bits per heavy atom. The summed E-state index contributed by atoms with van der Waals surface area (Å²) in [6, 6.07) is 17.6. The van der Waals surface area contributed by atoms with E-state index in [0.29, 0.717) is 34.3 Å². The number of rotatable bonds is 13. The minimum absolute atomic E-state index is 0.0432. The maximum Gasteiger partial charge on any atom is 0.264 e. The van der Waals surface area contributed by atoms with Crippen molar-refractivity contribution in [2.24, 2.45) is 0 Å². The smallest absolute Gasteiger partial charge is 0.264 e. The molecule has 0 radical (unpaired) electrons. The summed E-state index contributed by atoms with van der Waals surface area (Å²) in [6.07, 6.45) is 2.05. The van der Waals surface area contributed by atoms with Gasteiger partial charge in [0.2, 0.25) is 11.8 Å². The van der Waals surface area contributed by atoms with Gasteiger partial charge in [-0.25, -0.2) is 8.42 Å². The summed E-state index contributed by atoms with van der Waals surface area (Å²) in [7, 11) is -4.12. The Kier molecular flexibility index (Phi) is 11.6. The van der Waals surface area contributed by atoms with Crippen molar-refractivity contribution in [1.82, 2.24) is 10.2 Å². The molecule has 0 fully saturated rings. The molecule has 0 aliphatic carbocycles. The summed E-state index contributed by atoms with van der Waals surface area (Å²) in [6.45, 7) is 7.62. The lowest BCUT2D eigenvalue weighted by Crippen LogP contribution is -2.52. The lowest BCUT2D eigenvalue weighted by molar-refractivity contribution is -0.140. The van der Waals surface area contributed by atoms with E-state index in [1.54, 1.807) is 48.5 Å². The lowest BCUT2D eigenvalue weighted by atomic mass is 10.1. The molecule has 220 valence electrons. The van der Waals surface area contributed by atoms with Crippen LogP contribution in [0.5, 0.6) is 0 Å². The third-order valence-corrected chi connectivity index (χ3v) is 9.18. The molecule has 0 unspecified atom stereocenters. The van der Waals surface area contributed by atoms with Crippen molar-refractivity contribution < 1.29 is 18.0 Å². The zero-order chi connectivity index (χ0) is 30.2. The standard InChI is InChI=1S/C31H37Cl2N3O4S/c1-5-7-15-34-31(38)29(6-2)35(20-24-13-14-27(32)28(33)19-24)30(37)21-36(25-17-22(3)16-23(4)18-25)41(39,40)26-11-9-8-10-12-26/h8-14,16-19,29H,5-7,15,20-21H2,1-4H3,(H,34,38)/t29-/m0/s1. The monoisotopic (exact) mass is 617 g/mol. The number of carbonyl (C=O) groups is 2. The quantitative estimate of drug-likeness (QED) is 0.221. The van der Waals surface area contributed by atoms with Gasteiger partial charge < -0.3 is 10.2 Å². The number of hydrogen-bond donors (Lipinski definition) is 1. The molecule has 3 aromatic carbocycles. The second-order valence-electron chi connectivity index (χ2n) is 10.0. The highest BCUT2D eigenvalue weighted by molar-refractivity contribution is 7.92. The highest BCUT2D eigenvalue weighted by Gasteiger charge is 2.33. The van der Waals surface area contributed by atoms with Crippen LogP contribution in [0.25, 0.3) is 0 Å². The van der Waals surface area contributed by atoms with Gasteiger partial charge in [0.1, 0.15) is 12.6 Å². The van der Waals surface area contributed by atoms with Crippen molar-refractivity contribution in [2.45, 2.75) is 64.4 Å². The van der Waals surface area contributed by atoms with Gasteiger partial charge in [0.05, 0.1) is 20.6 Å². The van der Waals surface area contributed by atoms with Crippen LogP contribution in [0, 0.1) is 13.8 Å². The molecular weight excluding hydrogens is 581 g/mol. The molecule has 0 saturated heterocycles. The predicted molar refractivity (Wildman–Crippen MR) is 166 cm³/mol. The molecule has 10 heteroatoms. The molecule has 0 heterocycles. The van der Waals surface area contributed by atoms with E-state index in [0.717, 1.165) is 28.3 Å². The van der Waals surface area contributed by atoms with E-state index in [4.69, 9.17) is 23.2 Å². The molecule has 3 aromatic rings. The number of hydrogen-bond acceptors (Lipinski definition) is 4. The summed E-state index contributed by atoms with van der Waals surface area (Å²) in [5.41, 5.74) is 2.75. The molecule has 0 aliphatic heterocycles. The molecule has 41 heavy (non-hydrogen) atoms. The highest BCUT2D eigenvalue weighted by atomic mass is 35.5. The van der Waals surface area contributed by atoms with Crippen molar-refractivity contribution in [3.63, 3.8) is 0 Å². The minimum atomic E-state index is -4.12. The number of aryl methyl sites for hydroxylation is 2. The number of amides is 2. The van der Waals surface area contributed by atoms with Crippen LogP contribution in [0.1, 0.15) is 49.8 Å². The fraction of sp³-hybridized carbons (Fsp3) is 0.355. The topological polar surface area (TPSA) is 86.8 Å². The lowest BCUT2D eigenvalue weighted by Gasteiger charge is -2.33. The molecule has 7 nitrogen and oxygen atoms in total. The maximum absolute atomic E-state index is 14.1. The minimum Gasteiger partial charge on any atom is -0.354 e. The Balaban J connectivity index is 2.07. The molecule has 1 atom stereocenters. The normalized spacial score (nSPS) is 12.0. The second-order valence-corrected chi connectivity index (χ2v) is 12.7. The maximum atomic E-state index is 14.1. The van der Waals surface area contributed by atoms with E-state index < -0.39 is 28.5 Å². The van der Waals surface area contributed by atoms with E-state index >= 15 is 0 Å². The van der Waals surface area contributed by atoms with Gasteiger partial charge in [-0.15, -0.1) is 0 Å². The van der Waals surface area contributed by atoms with E-state index in [-0.39, 0.29) is 17.3 Å². The van der Waals surface area contributed by atoms with Gasteiger partial charge >= 0.3 is 0 Å². The summed E-state index contributed by atoms with van der Waals surface area (Å²) in [5.74, 6) is -0.814. The number of benzene rings is 3. The number of nitrogens with zero attached hydrogens (tertiary/aromatic N) is 2. The summed E-state index contributed by atoms with van der Waals surface area (Å²) < 4.78 is 29.0. The van der Waals surface area contributed by atoms with Gasteiger partial charge in [0.15, 0.2) is 0 Å². The fourth-order valence-corrected chi connectivity index (χ4v) is 6.34. The number of carbonyl (C=O) groups excluding carboxylic acids is 2. The van der Waals surface area contributed by atoms with Crippen LogP contribution in [-0.4, -0.2) is 44.3 Å². The molecule has 0 aromatic heterocycles. The first-order valence-corrected chi connectivity index (χ1v) is 15.8. The number of nitrogens with one attached hydrogen (secondary N) is 1. The average Bonchev–Trinajstić information content (AvgIpc) is 2.93. The molecule has 1 N–H and O–H groups in total. The molecule has 2 amide bonds. The van der Waals surface area contributed by atoms with Gasteiger partial charge in [-0.1, -0.05) is 73.8 Å². The number of anilines is 1. The van der Waals surface area contributed by atoms with E-state index in [1.807, 2.05) is 33.8 Å². The SMILES string of the molecule is CCCCNC(=O)[C@H](CC)N(Cc1ccc(Cl)c(Cl)c1)C(=O)CN(c1cc(C)cc(C)c1)S(=O)(=O)c1ccccc1. The van der Waals surface area contributed by atoms with E-state index in [9.17, 15) is 18.0 Å². The Bertz CT molecular complexity index is 1450. The fourth-order valence-electron chi connectivity index (χ4n) is 4.60. The van der Waals surface area contributed by atoms with E-state index in [2.05, 4.69) is 5.32 Å². The van der Waals surface area contributed by atoms with Crippen molar-refractivity contribution in [3.05, 3.63) is 93.5 Å². The van der Waals surface area contributed by atoms with Gasteiger partial charge in [-0.3, -0.25) is 13.9 Å². The van der Waals surface area contributed by atoms with E-state index in [1.165, 1.54) is 17.0 Å². The van der Waals surface area contributed by atoms with Gasteiger partial charge in [-0.2, -0.15) is 0 Å². The summed E-state index contributed by atoms with van der Waals surface area (Å²) in [5, 5.41) is 3.61. The zero-order valence-electron chi connectivity index (χ0n) is 23.9. The van der Waals surface area contributed by atoms with Crippen LogP contribution in [-0.2, 0) is 26.2 Å². The third kappa shape index (κ3) is 8.47. The largest absolute Gasteiger partial charge is 0.354 e. The third-order valence-electron chi connectivity index (χ3n) is 6.66. The van der Waals surface area contributed by atoms with Gasteiger partial charge in [0.25, 0.3) is 10.0 Å². The number of sulfonamides is 1. The van der Waals surface area contributed by atoms with Crippen LogP contribution in [0.15, 0.2) is 71.6 Å². The van der Waals surface area contributed by atoms with Gasteiger partial charge in [-0.05, 0) is 79.8 Å². The zero-order valence-corrected chi connectivity index (χ0v) is 26.2. The Morgan fingerprint density at radius 2 is 1.56 bits per heavy atom. The predicted octanol–water partition coefficient (Wildman–Crippen LogP) is 6.53. The second kappa shape index (κ2) is 14.7. The van der Waals surface area contributed by atoms with Crippen molar-refractivity contribution >= 4 is 50.7 Å². The molecule has 3 rings (SSSR count). The molecular formula is C31H37Cl2N3O4S. The van der Waals surface area contributed by atoms with Gasteiger partial charge in [0, 0.05) is 13.1 Å². The molecule has 0 bridgehead atoms. The van der Waals surface area contributed by atoms with Crippen molar-refractivity contribution in [3.8, 4) is 0 Å². The van der Waals surface area contributed by atoms with Crippen molar-refractivity contribution in [2.75, 3.05) is 17.4 Å². The van der Waals surface area contributed by atoms with Crippen molar-refractivity contribution in [1.29, 1.82) is 0 Å². The Labute approximate surface area is 253 Å². The average molecular weight is 619 g/mol. The molecule has 0 spiro atoms. The first-order chi connectivity index (χ1) is 19.5. The van der Waals surface area contributed by atoms with Crippen LogP contribution in [0.3, 0.4) is 0 Å². The Hall–Kier alpha value is -3.07. The summed E-state index contributed by atoms with van der Waals surface area (Å²) in [4.78, 5) is 28.9. The van der Waals surface area contributed by atoms with Crippen LogP contribution in [0.2, 0.25) is 10.0 Å². The molecule has 0 aliphatic rings. The number of halogens is 2. The van der Waals surface area contributed by atoms with Crippen LogP contribution >= 0.6 is 23.2 Å². The number of unbranched alkanes of at least 4 members (excludes halogenated alkanes) is 1. The highest BCUT2D eigenvalue weighted by Crippen LogP contribution is 2.28. The van der Waals surface area contributed by atoms with Crippen LogP contribution in [0.4, 0.5) is 5.69 Å².